The van der Waals surface area contributed by atoms with Crippen LogP contribution in [0.3, 0.4) is 0 Å². The molecule has 0 amide bonds. The van der Waals surface area contributed by atoms with E-state index in [2.05, 4.69) is 6.07 Å². The van der Waals surface area contributed by atoms with Gasteiger partial charge in [-0.1, -0.05) is 18.2 Å². The monoisotopic (exact) mass is 259 g/mol. The highest BCUT2D eigenvalue weighted by Crippen LogP contribution is 2.31. The van der Waals surface area contributed by atoms with E-state index in [-0.39, 0.29) is 0 Å². The second-order valence-corrected chi connectivity index (χ2v) is 6.81. The summed E-state index contributed by atoms with van der Waals surface area (Å²) in [5, 5.41) is 11.2. The molecule has 1 saturated heterocycles. The van der Waals surface area contributed by atoms with Gasteiger partial charge in [0.05, 0.1) is 5.56 Å². The van der Waals surface area contributed by atoms with Crippen LogP contribution in [0.5, 0.6) is 0 Å². The molecule has 0 aliphatic carbocycles. The first-order chi connectivity index (χ1) is 8.77. The van der Waals surface area contributed by atoms with Gasteiger partial charge < -0.3 is 5.11 Å². The van der Waals surface area contributed by atoms with Crippen molar-refractivity contribution in [2.45, 2.75) is 17.7 Å². The molecule has 1 N–H and O–H groups in total. The zero-order valence-corrected chi connectivity index (χ0v) is 10.9. The molecule has 1 aliphatic heterocycles. The summed E-state index contributed by atoms with van der Waals surface area (Å²) in [5.74, 6) is 1.68. The molecule has 0 aromatic heterocycles. The molecule has 0 atom stereocenters. The van der Waals surface area contributed by atoms with Gasteiger partial charge in [0.25, 0.3) is 0 Å². The maximum atomic E-state index is 11.2. The number of hydrogen-bond acceptors (Lipinski definition) is 1. The maximum absolute atomic E-state index is 11.2. The molecule has 0 bridgehead atoms. The van der Waals surface area contributed by atoms with Crippen molar-refractivity contribution in [1.29, 1.82) is 0 Å². The van der Waals surface area contributed by atoms with Gasteiger partial charge in [0.15, 0.2) is 4.90 Å². The third-order valence-corrected chi connectivity index (χ3v) is 6.00. The fourth-order valence-corrected chi connectivity index (χ4v) is 5.08. The Kier molecular flexibility index (Phi) is 3.00. The lowest BCUT2D eigenvalue weighted by molar-refractivity contribution is 0.0699. The van der Waals surface area contributed by atoms with Crippen molar-refractivity contribution in [2.75, 3.05) is 11.5 Å². The van der Waals surface area contributed by atoms with Crippen molar-refractivity contribution in [3.63, 3.8) is 0 Å². The molecule has 2 nitrogen and oxygen atoms in total. The number of fused-ring (bicyclic) bond motifs is 1. The van der Waals surface area contributed by atoms with Crippen molar-refractivity contribution in [3.8, 4) is 0 Å². The lowest BCUT2D eigenvalue weighted by Crippen LogP contribution is -2.06. The molecular formula is C15H15O2S+. The van der Waals surface area contributed by atoms with Crippen molar-refractivity contribution >= 4 is 27.6 Å². The van der Waals surface area contributed by atoms with Crippen molar-refractivity contribution in [2.24, 2.45) is 0 Å². The number of benzene rings is 2. The number of rotatable bonds is 2. The van der Waals surface area contributed by atoms with Crippen LogP contribution < -0.4 is 0 Å². The van der Waals surface area contributed by atoms with Crippen LogP contribution in [0, 0.1) is 0 Å². The van der Waals surface area contributed by atoms with Gasteiger partial charge in [-0.25, -0.2) is 4.79 Å². The zero-order chi connectivity index (χ0) is 12.5. The fourth-order valence-electron chi connectivity index (χ4n) is 2.58. The molecule has 0 spiro atoms. The molecule has 0 radical (unpaired) electrons. The van der Waals surface area contributed by atoms with E-state index >= 15 is 0 Å². The third kappa shape index (κ3) is 1.89. The molecule has 1 aliphatic rings. The highest BCUT2D eigenvalue weighted by molar-refractivity contribution is 7.97. The van der Waals surface area contributed by atoms with E-state index in [0.29, 0.717) is 16.5 Å². The molecule has 2 aromatic rings. The Morgan fingerprint density at radius 2 is 1.67 bits per heavy atom. The summed E-state index contributed by atoms with van der Waals surface area (Å²) >= 11 is 0. The molecule has 18 heavy (non-hydrogen) atoms. The van der Waals surface area contributed by atoms with Crippen molar-refractivity contribution < 1.29 is 9.90 Å². The number of hydrogen-bond donors (Lipinski definition) is 1. The summed E-state index contributed by atoms with van der Waals surface area (Å²) in [7, 11) is 0.320. The summed E-state index contributed by atoms with van der Waals surface area (Å²) in [6.07, 6.45) is 2.61. The number of aromatic carboxylic acids is 1. The summed E-state index contributed by atoms with van der Waals surface area (Å²) in [5.41, 5.74) is 0.414. The Hall–Kier alpha value is -1.48. The van der Waals surface area contributed by atoms with Crippen LogP contribution in [0.25, 0.3) is 10.8 Å². The Balaban J connectivity index is 2.22. The Morgan fingerprint density at radius 3 is 2.33 bits per heavy atom. The molecular weight excluding hydrogens is 244 g/mol. The minimum absolute atomic E-state index is 0.320. The van der Waals surface area contributed by atoms with Crippen LogP contribution in [0.4, 0.5) is 0 Å². The van der Waals surface area contributed by atoms with Crippen LogP contribution in [0.2, 0.25) is 0 Å². The van der Waals surface area contributed by atoms with Gasteiger partial charge >= 0.3 is 5.97 Å². The van der Waals surface area contributed by atoms with Crippen LogP contribution in [0.15, 0.2) is 41.3 Å². The third-order valence-electron chi connectivity index (χ3n) is 3.46. The smallest absolute Gasteiger partial charge is 0.336 e. The summed E-state index contributed by atoms with van der Waals surface area (Å²) < 4.78 is 0. The van der Waals surface area contributed by atoms with E-state index in [1.54, 1.807) is 6.07 Å². The topological polar surface area (TPSA) is 37.3 Å². The van der Waals surface area contributed by atoms with E-state index in [1.165, 1.54) is 29.2 Å². The first kappa shape index (κ1) is 11.6. The molecule has 3 rings (SSSR count). The van der Waals surface area contributed by atoms with Crippen LogP contribution in [0.1, 0.15) is 23.2 Å². The Labute approximate surface area is 109 Å². The summed E-state index contributed by atoms with van der Waals surface area (Å²) in [6.45, 7) is 0. The highest BCUT2D eigenvalue weighted by Gasteiger charge is 2.29. The first-order valence-electron chi connectivity index (χ1n) is 6.20. The summed E-state index contributed by atoms with van der Waals surface area (Å²) in [4.78, 5) is 12.6. The molecule has 92 valence electrons. The predicted molar refractivity (Wildman–Crippen MR) is 75.5 cm³/mol. The van der Waals surface area contributed by atoms with Gasteiger partial charge in [-0.3, -0.25) is 0 Å². The van der Waals surface area contributed by atoms with Crippen molar-refractivity contribution in [3.05, 3.63) is 42.0 Å². The highest BCUT2D eigenvalue weighted by atomic mass is 32.2. The zero-order valence-electron chi connectivity index (χ0n) is 10.1. The predicted octanol–water partition coefficient (Wildman–Crippen LogP) is 3.31. The Morgan fingerprint density at radius 1 is 1.00 bits per heavy atom. The lowest BCUT2D eigenvalue weighted by Gasteiger charge is -2.07. The van der Waals surface area contributed by atoms with E-state index in [1.807, 2.05) is 24.3 Å². The Bertz CT molecular complexity index is 600. The molecule has 1 heterocycles. The maximum Gasteiger partial charge on any atom is 0.336 e. The largest absolute Gasteiger partial charge is 0.478 e. The minimum Gasteiger partial charge on any atom is -0.478 e. The van der Waals surface area contributed by atoms with E-state index in [0.717, 1.165) is 10.8 Å². The van der Waals surface area contributed by atoms with Gasteiger partial charge in [0.1, 0.15) is 11.5 Å². The van der Waals surface area contributed by atoms with E-state index in [9.17, 15) is 9.90 Å². The fraction of sp³-hybridized carbons (Fsp3) is 0.267. The summed E-state index contributed by atoms with van der Waals surface area (Å²) in [6, 6.07) is 11.7. The quantitative estimate of drug-likeness (QED) is 0.840. The van der Waals surface area contributed by atoms with Crippen LogP contribution in [-0.2, 0) is 10.9 Å². The van der Waals surface area contributed by atoms with Gasteiger partial charge in [0, 0.05) is 21.7 Å². The molecule has 2 aromatic carbocycles. The number of carboxylic acid groups (broad SMARTS) is 1. The van der Waals surface area contributed by atoms with Gasteiger partial charge in [-0.2, -0.15) is 0 Å². The molecule has 1 fully saturated rings. The molecule has 3 heteroatoms. The normalized spacial score (nSPS) is 16.2. The van der Waals surface area contributed by atoms with E-state index in [4.69, 9.17) is 0 Å². The van der Waals surface area contributed by atoms with Crippen LogP contribution >= 0.6 is 0 Å². The standard InChI is InChI=1S/C15H14O2S/c16-15(17)13-7-8-14(18-9-3-4-10-18)12-6-2-1-5-11(12)13/h1-2,5-8H,3-4,9-10H2/p+1. The van der Waals surface area contributed by atoms with Crippen LogP contribution in [-0.4, -0.2) is 22.6 Å². The van der Waals surface area contributed by atoms with Gasteiger partial charge in [-0.15, -0.1) is 0 Å². The minimum atomic E-state index is -0.840. The first-order valence-corrected chi connectivity index (χ1v) is 7.76. The molecule has 0 saturated carbocycles. The second kappa shape index (κ2) is 4.65. The molecule has 0 unspecified atom stereocenters. The average molecular weight is 259 g/mol. The SMILES string of the molecule is O=C(O)c1ccc([S+]2CCCC2)c2ccccc12. The van der Waals surface area contributed by atoms with E-state index < -0.39 is 5.97 Å². The second-order valence-electron chi connectivity index (χ2n) is 4.57. The lowest BCUT2D eigenvalue weighted by atomic mass is 10.0. The van der Waals surface area contributed by atoms with Crippen molar-refractivity contribution in [1.82, 2.24) is 0 Å². The number of carbonyl (C=O) groups is 1. The van der Waals surface area contributed by atoms with Gasteiger partial charge in [0.2, 0.25) is 0 Å². The number of carboxylic acids is 1. The van der Waals surface area contributed by atoms with Gasteiger partial charge in [-0.05, 0) is 31.0 Å². The average Bonchev–Trinajstić information content (AvgIpc) is 2.91.